The number of carboxylic acid groups (broad SMARTS) is 1. The van der Waals surface area contributed by atoms with Gasteiger partial charge in [-0.05, 0) is 34.1 Å². The maximum atomic E-state index is 14.8. The van der Waals surface area contributed by atoms with Crippen LogP contribution in [0.25, 0.3) is 0 Å². The number of alkyl halides is 17. The van der Waals surface area contributed by atoms with Gasteiger partial charge < -0.3 is 5.11 Å². The zero-order valence-electron chi connectivity index (χ0n) is 20.7. The Labute approximate surface area is 219 Å². The molecule has 0 aromatic carbocycles. The van der Waals surface area contributed by atoms with Gasteiger partial charge in [-0.25, -0.2) is 15.0 Å². The summed E-state index contributed by atoms with van der Waals surface area (Å²) in [5.74, 6) is -60.5. The third-order valence-electron chi connectivity index (χ3n) is 5.43. The van der Waals surface area contributed by atoms with Gasteiger partial charge >= 0.3 is 53.6 Å². The zero-order valence-corrected chi connectivity index (χ0v) is 20.7. The summed E-state index contributed by atoms with van der Waals surface area (Å²) in [7, 11) is 0. The molecule has 0 bridgehead atoms. The van der Waals surface area contributed by atoms with Crippen molar-refractivity contribution in [3.63, 3.8) is 0 Å². The highest BCUT2D eigenvalue weighted by atomic mass is 19.4. The minimum atomic E-state index is -8.80. The third kappa shape index (κ3) is 6.34. The molecule has 0 rings (SSSR count). The predicted octanol–water partition coefficient (Wildman–Crippen LogP) is 7.88. The SMILES string of the molecule is CCC(C=C(C)C(=O)O)(C(C)[O])C(F)(F)C(F)(F)C(F)(F)C(F)(F)C(F)(F)C(F)(F)C(F)(F)C(F)(F)F.[CH2]C(C)[O]. The molecule has 0 heterocycles. The van der Waals surface area contributed by atoms with Crippen LogP contribution >= 0.6 is 0 Å². The van der Waals surface area contributed by atoms with E-state index in [1.807, 2.05) is 0 Å². The number of aliphatic carboxylic acids is 1. The number of rotatable bonds is 11. The second-order valence-corrected chi connectivity index (χ2v) is 8.50. The van der Waals surface area contributed by atoms with E-state index in [4.69, 9.17) is 5.11 Å². The monoisotopic (exact) mass is 647 g/mol. The molecule has 0 saturated carbocycles. The third-order valence-corrected chi connectivity index (χ3v) is 5.43. The molecule has 3 radical (unpaired) electrons. The van der Waals surface area contributed by atoms with Crippen molar-refractivity contribution in [3.05, 3.63) is 18.6 Å². The molecule has 41 heavy (non-hydrogen) atoms. The molecule has 0 aliphatic rings. The summed E-state index contributed by atoms with van der Waals surface area (Å²) in [5.41, 5.74) is -5.97. The van der Waals surface area contributed by atoms with Gasteiger partial charge in [-0.1, -0.05) is 13.0 Å². The molecule has 0 spiro atoms. The van der Waals surface area contributed by atoms with Crippen molar-refractivity contribution in [1.82, 2.24) is 0 Å². The Kier molecular flexibility index (Phi) is 11.9. The summed E-state index contributed by atoms with van der Waals surface area (Å²) in [4.78, 5) is 10.8. The van der Waals surface area contributed by atoms with Crippen LogP contribution in [0.15, 0.2) is 11.6 Å². The van der Waals surface area contributed by atoms with Gasteiger partial charge in [0.05, 0.1) is 11.5 Å². The Bertz CT molecular complexity index is 936. The van der Waals surface area contributed by atoms with Crippen LogP contribution in [0.2, 0.25) is 0 Å². The lowest BCUT2D eigenvalue weighted by atomic mass is 9.69. The van der Waals surface area contributed by atoms with E-state index in [9.17, 15) is 89.6 Å². The van der Waals surface area contributed by atoms with Gasteiger partial charge in [0, 0.05) is 5.57 Å². The minimum Gasteiger partial charge on any atom is -0.478 e. The van der Waals surface area contributed by atoms with Gasteiger partial charge in [0.25, 0.3) is 0 Å². The maximum absolute atomic E-state index is 14.8. The summed E-state index contributed by atoms with van der Waals surface area (Å²) < 4.78 is 230. The standard InChI is InChI=1S/C17H14F17O3.C3H6O/c1-4-9(7(3)35,5-6(2)8(36)37)10(18,19)11(20,21)12(22,23)13(24,25)14(26,27)15(28,29)16(30,31)17(32,33)34;1-3(2)4/h5,7H,4H2,1-3H3,(H,36,37);3H,1H2,2H3. The van der Waals surface area contributed by atoms with Crippen molar-refractivity contribution in [2.75, 3.05) is 0 Å². The van der Waals surface area contributed by atoms with Crippen LogP contribution < -0.4 is 0 Å². The van der Waals surface area contributed by atoms with Crippen LogP contribution in [0.4, 0.5) is 74.6 Å². The first kappa shape index (κ1) is 41.1. The van der Waals surface area contributed by atoms with Gasteiger partial charge in [-0.15, -0.1) is 0 Å². The van der Waals surface area contributed by atoms with E-state index in [-0.39, 0.29) is 6.92 Å². The van der Waals surface area contributed by atoms with E-state index in [1.165, 1.54) is 6.92 Å². The molecule has 0 aromatic heterocycles. The van der Waals surface area contributed by atoms with Crippen molar-refractivity contribution < 1.29 is 94.8 Å². The van der Waals surface area contributed by atoms with Gasteiger partial charge in [0.1, 0.15) is 6.10 Å². The number of halogens is 17. The van der Waals surface area contributed by atoms with E-state index in [0.29, 0.717) is 13.8 Å². The van der Waals surface area contributed by atoms with E-state index >= 15 is 0 Å². The number of hydrogen-bond acceptors (Lipinski definition) is 1. The lowest BCUT2D eigenvalue weighted by Crippen LogP contribution is -2.76. The molecular weight excluding hydrogens is 627 g/mol. The van der Waals surface area contributed by atoms with Gasteiger partial charge in [-0.2, -0.15) is 74.6 Å². The maximum Gasteiger partial charge on any atom is 0.460 e. The Balaban J connectivity index is 0. The lowest BCUT2D eigenvalue weighted by Gasteiger charge is -2.47. The molecule has 4 nitrogen and oxygen atoms in total. The first-order chi connectivity index (χ1) is 17.6. The van der Waals surface area contributed by atoms with Crippen LogP contribution in [0.3, 0.4) is 0 Å². The average Bonchev–Trinajstić information content (AvgIpc) is 2.74. The summed E-state index contributed by atoms with van der Waals surface area (Å²) in [6.45, 7) is 5.15. The van der Waals surface area contributed by atoms with Crippen molar-refractivity contribution in [2.24, 2.45) is 5.41 Å². The van der Waals surface area contributed by atoms with E-state index in [2.05, 4.69) is 6.92 Å². The van der Waals surface area contributed by atoms with E-state index in [1.54, 1.807) is 0 Å². The molecule has 0 aromatic rings. The number of carboxylic acids is 1. The fourth-order valence-electron chi connectivity index (χ4n) is 2.98. The molecule has 21 heteroatoms. The van der Waals surface area contributed by atoms with Gasteiger partial charge in [-0.3, -0.25) is 0 Å². The topological polar surface area (TPSA) is 77.1 Å². The highest BCUT2D eigenvalue weighted by Gasteiger charge is 2.96. The average molecular weight is 647 g/mol. The summed E-state index contributed by atoms with van der Waals surface area (Å²) >= 11 is 0. The first-order valence-corrected chi connectivity index (χ1v) is 10.4. The van der Waals surface area contributed by atoms with Gasteiger partial charge in [0.15, 0.2) is 0 Å². The Morgan fingerprint density at radius 3 is 1.10 bits per heavy atom. The van der Waals surface area contributed by atoms with Crippen LogP contribution in [0.1, 0.15) is 34.1 Å². The minimum absolute atomic E-state index is 0.0257. The Morgan fingerprint density at radius 1 is 0.659 bits per heavy atom. The fourth-order valence-corrected chi connectivity index (χ4v) is 2.98. The number of hydrogen-bond donors (Lipinski definition) is 1. The Hall–Kier alpha value is -2.06. The lowest BCUT2D eigenvalue weighted by molar-refractivity contribution is -0.466. The van der Waals surface area contributed by atoms with Crippen molar-refractivity contribution in [2.45, 2.75) is 94.0 Å². The summed E-state index contributed by atoms with van der Waals surface area (Å²) in [6.07, 6.45) is -14.4. The molecule has 0 saturated heterocycles. The fraction of sp³-hybridized carbons (Fsp3) is 0.800. The highest BCUT2D eigenvalue weighted by molar-refractivity contribution is 5.86. The second kappa shape index (κ2) is 11.9. The van der Waals surface area contributed by atoms with Gasteiger partial charge in [0.2, 0.25) is 0 Å². The van der Waals surface area contributed by atoms with E-state index in [0.717, 1.165) is 0 Å². The smallest absolute Gasteiger partial charge is 0.460 e. The van der Waals surface area contributed by atoms with Crippen molar-refractivity contribution in [3.8, 4) is 0 Å². The first-order valence-electron chi connectivity index (χ1n) is 10.4. The van der Waals surface area contributed by atoms with Crippen molar-refractivity contribution in [1.29, 1.82) is 0 Å². The summed E-state index contributed by atoms with van der Waals surface area (Å²) in [5, 5.41) is 29.9. The normalized spacial score (nSPS) is 17.5. The molecule has 1 N–H and O–H groups in total. The quantitative estimate of drug-likeness (QED) is 0.183. The molecule has 0 aliphatic carbocycles. The molecule has 3 unspecified atom stereocenters. The number of carbonyl (C=O) groups is 1. The van der Waals surface area contributed by atoms with Crippen LogP contribution in [0, 0.1) is 12.3 Å². The molecule has 3 atom stereocenters. The van der Waals surface area contributed by atoms with E-state index < -0.39 is 89.3 Å². The molecule has 0 fully saturated rings. The molecule has 0 amide bonds. The van der Waals surface area contributed by atoms with Crippen LogP contribution in [0.5, 0.6) is 0 Å². The largest absolute Gasteiger partial charge is 0.478 e. The van der Waals surface area contributed by atoms with Crippen LogP contribution in [-0.2, 0) is 15.0 Å². The molecule has 243 valence electrons. The highest BCUT2D eigenvalue weighted by Crippen LogP contribution is 2.66. The summed E-state index contributed by atoms with van der Waals surface area (Å²) in [6, 6.07) is 0. The predicted molar refractivity (Wildman–Crippen MR) is 100 cm³/mol. The molecule has 0 aliphatic heterocycles. The van der Waals surface area contributed by atoms with Crippen molar-refractivity contribution >= 4 is 5.97 Å². The molecular formula is C20H20F17O4. The second-order valence-electron chi connectivity index (χ2n) is 8.50. The Morgan fingerprint density at radius 2 is 0.902 bits per heavy atom. The van der Waals surface area contributed by atoms with Crippen LogP contribution in [-0.4, -0.2) is 70.9 Å². The zero-order chi connectivity index (χ0) is 34.2.